The third kappa shape index (κ3) is 6.06. The Morgan fingerprint density at radius 3 is 2.29 bits per heavy atom. The van der Waals surface area contributed by atoms with Crippen molar-refractivity contribution in [3.8, 4) is 0 Å². The molecule has 9 heteroatoms. The summed E-state index contributed by atoms with van der Waals surface area (Å²) in [6.07, 6.45) is 0.741. The van der Waals surface area contributed by atoms with Crippen LogP contribution in [0.15, 0.2) is 0 Å². The number of rotatable bonds is 6. The number of alkyl halides is 2. The van der Waals surface area contributed by atoms with Gasteiger partial charge in [-0.1, -0.05) is 32.1 Å². The minimum atomic E-state index is -4.18. The Morgan fingerprint density at radius 1 is 1.19 bits per heavy atom. The summed E-state index contributed by atoms with van der Waals surface area (Å²) in [5.41, 5.74) is -2.10. The van der Waals surface area contributed by atoms with E-state index < -0.39 is 47.6 Å². The van der Waals surface area contributed by atoms with Gasteiger partial charge in [0.15, 0.2) is 6.10 Å². The van der Waals surface area contributed by atoms with Crippen LogP contribution in [-0.4, -0.2) is 64.2 Å². The van der Waals surface area contributed by atoms with Crippen LogP contribution in [0.25, 0.3) is 0 Å². The van der Waals surface area contributed by atoms with Gasteiger partial charge in [-0.15, -0.1) is 0 Å². The zero-order valence-electron chi connectivity index (χ0n) is 19.5. The molecule has 1 heterocycles. The lowest BCUT2D eigenvalue weighted by molar-refractivity contribution is -0.207. The highest BCUT2D eigenvalue weighted by Gasteiger charge is 2.61. The third-order valence-electron chi connectivity index (χ3n) is 5.84. The minimum absolute atomic E-state index is 0.201. The number of hydrogen-bond acceptors (Lipinski definition) is 6. The molecule has 2 rings (SSSR count). The lowest BCUT2D eigenvalue weighted by atomic mass is 9.82. The normalized spacial score (nSPS) is 25.9. The standard InChI is InChI=1S/C22H37F2NO6/c1-7-29-18(27)22(23,24)17(26)16-15(13-14-11-9-8-10-12-14)25(21(5,6)30-16)19(28)31-20(2,3)4/h14-17,26H,7-13H2,1-6H3/t15-,16+,17+/m0/s1. The van der Waals surface area contributed by atoms with Gasteiger partial charge in [0.05, 0.1) is 12.6 Å². The van der Waals surface area contributed by atoms with Gasteiger partial charge in [0.25, 0.3) is 0 Å². The fourth-order valence-corrected chi connectivity index (χ4v) is 4.51. The van der Waals surface area contributed by atoms with Gasteiger partial charge >= 0.3 is 18.0 Å². The minimum Gasteiger partial charge on any atom is -0.461 e. The average molecular weight is 450 g/mol. The fourth-order valence-electron chi connectivity index (χ4n) is 4.51. The van der Waals surface area contributed by atoms with Gasteiger partial charge in [-0.05, 0) is 53.9 Å². The number of esters is 1. The maximum atomic E-state index is 14.7. The Balaban J connectivity index is 2.38. The molecule has 0 bridgehead atoms. The molecular formula is C22H37F2NO6. The van der Waals surface area contributed by atoms with Crippen LogP contribution >= 0.6 is 0 Å². The van der Waals surface area contributed by atoms with Gasteiger partial charge in [0.1, 0.15) is 17.4 Å². The predicted octanol–water partition coefficient (Wildman–Crippen LogP) is 4.26. The van der Waals surface area contributed by atoms with E-state index in [1.54, 1.807) is 34.6 Å². The van der Waals surface area contributed by atoms with E-state index >= 15 is 0 Å². The summed E-state index contributed by atoms with van der Waals surface area (Å²) in [6.45, 7) is 9.45. The Kier molecular flexibility index (Phi) is 7.95. The molecule has 180 valence electrons. The van der Waals surface area contributed by atoms with Crippen molar-refractivity contribution < 1.29 is 37.7 Å². The molecule has 0 unspecified atom stereocenters. The summed E-state index contributed by atoms with van der Waals surface area (Å²) < 4.78 is 45.2. The highest BCUT2D eigenvalue weighted by Crippen LogP contribution is 2.42. The molecule has 31 heavy (non-hydrogen) atoms. The Labute approximate surface area is 183 Å². The van der Waals surface area contributed by atoms with E-state index in [4.69, 9.17) is 9.47 Å². The molecule has 7 nitrogen and oxygen atoms in total. The molecule has 1 aliphatic carbocycles. The summed E-state index contributed by atoms with van der Waals surface area (Å²) in [4.78, 5) is 26.2. The lowest BCUT2D eigenvalue weighted by Gasteiger charge is -2.37. The van der Waals surface area contributed by atoms with Gasteiger partial charge in [-0.2, -0.15) is 8.78 Å². The molecule has 0 aromatic carbocycles. The smallest absolute Gasteiger partial charge is 0.412 e. The molecule has 2 aliphatic rings. The number of aliphatic hydroxyl groups excluding tert-OH is 1. The summed E-state index contributed by atoms with van der Waals surface area (Å²) >= 11 is 0. The number of carbonyl (C=O) groups is 2. The van der Waals surface area contributed by atoms with Crippen LogP contribution < -0.4 is 0 Å². The van der Waals surface area contributed by atoms with E-state index in [1.165, 1.54) is 11.8 Å². The first-order chi connectivity index (χ1) is 14.2. The first-order valence-corrected chi connectivity index (χ1v) is 11.1. The van der Waals surface area contributed by atoms with E-state index in [2.05, 4.69) is 4.74 Å². The maximum absolute atomic E-state index is 14.7. The van der Waals surface area contributed by atoms with Crippen LogP contribution in [0.1, 0.15) is 80.1 Å². The van der Waals surface area contributed by atoms with Gasteiger partial charge in [0, 0.05) is 0 Å². The zero-order chi connectivity index (χ0) is 23.6. The van der Waals surface area contributed by atoms with Gasteiger partial charge in [0.2, 0.25) is 0 Å². The second-order valence-electron chi connectivity index (χ2n) is 9.97. The number of hydrogen-bond donors (Lipinski definition) is 1. The molecular weight excluding hydrogens is 412 g/mol. The van der Waals surface area contributed by atoms with Crippen LogP contribution in [-0.2, 0) is 19.0 Å². The number of nitrogens with zero attached hydrogens (tertiary/aromatic N) is 1. The fraction of sp³-hybridized carbons (Fsp3) is 0.909. The summed E-state index contributed by atoms with van der Waals surface area (Å²) in [5, 5.41) is 10.6. The second kappa shape index (κ2) is 9.57. The molecule has 1 saturated heterocycles. The molecule has 1 aliphatic heterocycles. The van der Waals surface area contributed by atoms with E-state index in [0.717, 1.165) is 32.1 Å². The van der Waals surface area contributed by atoms with Crippen molar-refractivity contribution in [2.24, 2.45) is 5.92 Å². The highest BCUT2D eigenvalue weighted by atomic mass is 19.3. The quantitative estimate of drug-likeness (QED) is 0.610. The van der Waals surface area contributed by atoms with Crippen molar-refractivity contribution in [1.29, 1.82) is 0 Å². The third-order valence-corrected chi connectivity index (χ3v) is 5.84. The molecule has 1 amide bonds. The lowest BCUT2D eigenvalue weighted by Crippen LogP contribution is -2.55. The van der Waals surface area contributed by atoms with Crippen molar-refractivity contribution in [2.45, 2.75) is 116 Å². The van der Waals surface area contributed by atoms with Crippen molar-refractivity contribution in [1.82, 2.24) is 4.90 Å². The van der Waals surface area contributed by atoms with Crippen LogP contribution in [0, 0.1) is 5.92 Å². The second-order valence-corrected chi connectivity index (χ2v) is 9.97. The van der Waals surface area contributed by atoms with E-state index in [9.17, 15) is 23.5 Å². The number of amides is 1. The zero-order valence-corrected chi connectivity index (χ0v) is 19.5. The molecule has 1 N–H and O–H groups in total. The van der Waals surface area contributed by atoms with Crippen LogP contribution in [0.4, 0.5) is 13.6 Å². The van der Waals surface area contributed by atoms with Gasteiger partial charge in [-0.3, -0.25) is 4.90 Å². The van der Waals surface area contributed by atoms with Gasteiger partial charge in [-0.25, -0.2) is 9.59 Å². The SMILES string of the molecule is CCOC(=O)C(F)(F)[C@H](O)[C@@H]1OC(C)(C)N(C(=O)OC(C)(C)C)[C@H]1CC1CCCCC1. The largest absolute Gasteiger partial charge is 0.461 e. The monoisotopic (exact) mass is 449 g/mol. The maximum Gasteiger partial charge on any atom is 0.412 e. The van der Waals surface area contributed by atoms with Crippen molar-refractivity contribution in [3.63, 3.8) is 0 Å². The predicted molar refractivity (Wildman–Crippen MR) is 110 cm³/mol. The van der Waals surface area contributed by atoms with Crippen LogP contribution in [0.2, 0.25) is 0 Å². The molecule has 0 spiro atoms. The van der Waals surface area contributed by atoms with Crippen molar-refractivity contribution >= 4 is 12.1 Å². The van der Waals surface area contributed by atoms with Crippen LogP contribution in [0.5, 0.6) is 0 Å². The van der Waals surface area contributed by atoms with E-state index in [1.807, 2.05) is 0 Å². The number of aliphatic hydroxyl groups is 1. The summed E-state index contributed by atoms with van der Waals surface area (Å²) in [6, 6.07) is -0.872. The first-order valence-electron chi connectivity index (χ1n) is 11.1. The molecule has 0 radical (unpaired) electrons. The Morgan fingerprint density at radius 2 is 1.77 bits per heavy atom. The molecule has 0 aromatic heterocycles. The van der Waals surface area contributed by atoms with Crippen molar-refractivity contribution in [2.75, 3.05) is 6.61 Å². The van der Waals surface area contributed by atoms with Gasteiger partial charge < -0.3 is 19.3 Å². The highest BCUT2D eigenvalue weighted by molar-refractivity contribution is 5.78. The molecule has 2 fully saturated rings. The Hall–Kier alpha value is -1.48. The van der Waals surface area contributed by atoms with E-state index in [0.29, 0.717) is 6.42 Å². The molecule has 1 saturated carbocycles. The topological polar surface area (TPSA) is 85.3 Å². The number of carbonyl (C=O) groups excluding carboxylic acids is 2. The number of ether oxygens (including phenoxy) is 3. The van der Waals surface area contributed by atoms with Crippen LogP contribution in [0.3, 0.4) is 0 Å². The average Bonchev–Trinajstić information content (AvgIpc) is 2.90. The summed E-state index contributed by atoms with van der Waals surface area (Å²) in [5.74, 6) is -5.78. The molecule has 0 aromatic rings. The summed E-state index contributed by atoms with van der Waals surface area (Å²) in [7, 11) is 0. The van der Waals surface area contributed by atoms with E-state index in [-0.39, 0.29) is 12.5 Å². The first kappa shape index (κ1) is 25.8. The number of halogens is 2. The Bertz CT molecular complexity index is 642. The van der Waals surface area contributed by atoms with Crippen molar-refractivity contribution in [3.05, 3.63) is 0 Å². The molecule has 3 atom stereocenters.